The van der Waals surface area contributed by atoms with Gasteiger partial charge in [0.2, 0.25) is 0 Å². The second-order valence-electron chi connectivity index (χ2n) is 6.40. The number of aromatic nitrogens is 3. The number of thiazole rings is 1. The van der Waals surface area contributed by atoms with E-state index < -0.39 is 0 Å². The molecule has 27 heavy (non-hydrogen) atoms. The summed E-state index contributed by atoms with van der Waals surface area (Å²) in [6, 6.07) is 3.56. The smallest absolute Gasteiger partial charge is 0.296 e. The minimum Gasteiger partial charge on any atom is -0.494 e. The second kappa shape index (κ2) is 8.24. The van der Waals surface area contributed by atoms with E-state index in [1.54, 1.807) is 48.2 Å². The highest BCUT2D eigenvalue weighted by molar-refractivity contribution is 7.23. The number of anilines is 1. The molecule has 9 heteroatoms. The lowest BCUT2D eigenvalue weighted by atomic mass is 10.3. The van der Waals surface area contributed by atoms with Crippen molar-refractivity contribution in [3.8, 4) is 5.75 Å². The monoisotopic (exact) mass is 407 g/mol. The van der Waals surface area contributed by atoms with Crippen molar-refractivity contribution in [1.29, 1.82) is 0 Å². The molecule has 3 rings (SSSR count). The highest BCUT2D eigenvalue weighted by Gasteiger charge is 2.25. The van der Waals surface area contributed by atoms with Crippen LogP contribution in [-0.4, -0.2) is 59.6 Å². The number of methoxy groups -OCH3 is 1. The Morgan fingerprint density at radius 3 is 2.74 bits per heavy atom. The minimum atomic E-state index is -0.185. The molecular formula is C18H22ClN5O2S. The molecule has 0 fully saturated rings. The highest BCUT2D eigenvalue weighted by Crippen LogP contribution is 2.39. The fourth-order valence-corrected chi connectivity index (χ4v) is 4.02. The number of hydrogen-bond acceptors (Lipinski definition) is 6. The van der Waals surface area contributed by atoms with Crippen LogP contribution in [-0.2, 0) is 7.05 Å². The van der Waals surface area contributed by atoms with Crippen molar-refractivity contribution >= 4 is 44.2 Å². The summed E-state index contributed by atoms with van der Waals surface area (Å²) < 4.78 is 7.91. The van der Waals surface area contributed by atoms with Gasteiger partial charge in [-0.25, -0.2) is 9.97 Å². The number of halogens is 1. The maximum Gasteiger partial charge on any atom is 0.296 e. The summed E-state index contributed by atoms with van der Waals surface area (Å²) in [5, 5.41) is 1.18. The summed E-state index contributed by atoms with van der Waals surface area (Å²) in [5.41, 5.74) is 0.662. The third kappa shape index (κ3) is 4.07. The lowest BCUT2D eigenvalue weighted by Gasteiger charge is -2.20. The standard InChI is InChI=1S/C18H22ClN5O2S/c1-22(2)9-5-10-24(17(25)16-20-8-11-23(16)3)18-21-14-13(26-4)7-6-12(19)15(14)27-18/h6-8,11H,5,9-10H2,1-4H3. The quantitative estimate of drug-likeness (QED) is 0.601. The fraction of sp³-hybridized carbons (Fsp3) is 0.389. The molecule has 0 saturated heterocycles. The SMILES string of the molecule is COc1ccc(Cl)c2sc(N(CCCN(C)C)C(=O)c3nccn3C)nc12. The van der Waals surface area contributed by atoms with Crippen molar-refractivity contribution in [1.82, 2.24) is 19.4 Å². The van der Waals surface area contributed by atoms with E-state index in [-0.39, 0.29) is 5.91 Å². The first-order chi connectivity index (χ1) is 12.9. The van der Waals surface area contributed by atoms with E-state index in [0.717, 1.165) is 17.7 Å². The van der Waals surface area contributed by atoms with Gasteiger partial charge >= 0.3 is 0 Å². The lowest BCUT2D eigenvalue weighted by Crippen LogP contribution is -2.35. The number of nitrogens with zero attached hydrogens (tertiary/aromatic N) is 5. The first-order valence-corrected chi connectivity index (χ1v) is 9.68. The van der Waals surface area contributed by atoms with Gasteiger partial charge in [-0.2, -0.15) is 0 Å². The summed E-state index contributed by atoms with van der Waals surface area (Å²) in [5.74, 6) is 0.821. The average molecular weight is 408 g/mol. The molecule has 0 N–H and O–H groups in total. The summed E-state index contributed by atoms with van der Waals surface area (Å²) in [6.07, 6.45) is 4.18. The lowest BCUT2D eigenvalue weighted by molar-refractivity contribution is 0.0973. The van der Waals surface area contributed by atoms with E-state index in [2.05, 4.69) is 14.9 Å². The Bertz CT molecular complexity index is 953. The van der Waals surface area contributed by atoms with Gasteiger partial charge in [-0.05, 0) is 39.2 Å². The van der Waals surface area contributed by atoms with Gasteiger partial charge in [-0.15, -0.1) is 0 Å². The number of fused-ring (bicyclic) bond motifs is 1. The molecule has 0 bridgehead atoms. The summed E-state index contributed by atoms with van der Waals surface area (Å²) in [4.78, 5) is 25.8. The second-order valence-corrected chi connectivity index (χ2v) is 7.78. The molecular weight excluding hydrogens is 386 g/mol. The number of carbonyl (C=O) groups excluding carboxylic acids is 1. The van der Waals surface area contributed by atoms with Crippen molar-refractivity contribution in [2.45, 2.75) is 6.42 Å². The molecule has 3 aromatic rings. The van der Waals surface area contributed by atoms with E-state index in [0.29, 0.717) is 33.8 Å². The zero-order chi connectivity index (χ0) is 19.6. The van der Waals surface area contributed by atoms with Crippen LogP contribution in [0.2, 0.25) is 5.02 Å². The molecule has 7 nitrogen and oxygen atoms in total. The number of aryl methyl sites for hydroxylation is 1. The molecule has 2 heterocycles. The summed E-state index contributed by atoms with van der Waals surface area (Å²) in [7, 11) is 7.41. The van der Waals surface area contributed by atoms with Gasteiger partial charge in [0.25, 0.3) is 5.91 Å². The largest absolute Gasteiger partial charge is 0.494 e. The molecule has 1 aromatic carbocycles. The molecule has 0 aliphatic heterocycles. The molecule has 144 valence electrons. The van der Waals surface area contributed by atoms with Gasteiger partial charge in [0.05, 0.1) is 16.8 Å². The maximum atomic E-state index is 13.2. The summed E-state index contributed by atoms with van der Waals surface area (Å²) >= 11 is 7.73. The van der Waals surface area contributed by atoms with Crippen LogP contribution in [0.5, 0.6) is 5.75 Å². The molecule has 0 aliphatic rings. The van der Waals surface area contributed by atoms with Crippen molar-refractivity contribution in [2.75, 3.05) is 39.2 Å². The van der Waals surface area contributed by atoms with E-state index >= 15 is 0 Å². The Morgan fingerprint density at radius 2 is 2.11 bits per heavy atom. The molecule has 0 aliphatic carbocycles. The zero-order valence-electron chi connectivity index (χ0n) is 15.8. The normalized spacial score (nSPS) is 11.3. The van der Waals surface area contributed by atoms with Crippen LogP contribution in [0.15, 0.2) is 24.5 Å². The summed E-state index contributed by atoms with van der Waals surface area (Å²) in [6.45, 7) is 1.39. The van der Waals surface area contributed by atoms with E-state index in [1.165, 1.54) is 11.3 Å². The van der Waals surface area contributed by atoms with Gasteiger partial charge in [-0.3, -0.25) is 9.69 Å². The number of benzene rings is 1. The first kappa shape index (κ1) is 19.6. The molecule has 0 spiro atoms. The number of imidazole rings is 1. The third-order valence-electron chi connectivity index (χ3n) is 4.14. The number of hydrogen-bond donors (Lipinski definition) is 0. The van der Waals surface area contributed by atoms with E-state index in [9.17, 15) is 4.79 Å². The van der Waals surface area contributed by atoms with E-state index in [4.69, 9.17) is 16.3 Å². The molecule has 1 amide bonds. The topological polar surface area (TPSA) is 63.5 Å². The van der Waals surface area contributed by atoms with Crippen LogP contribution >= 0.6 is 22.9 Å². The van der Waals surface area contributed by atoms with Crippen molar-refractivity contribution in [2.24, 2.45) is 7.05 Å². The van der Waals surface area contributed by atoms with Crippen LogP contribution < -0.4 is 9.64 Å². The number of rotatable bonds is 7. The number of ether oxygens (including phenoxy) is 1. The van der Waals surface area contributed by atoms with Crippen molar-refractivity contribution in [3.05, 3.63) is 35.4 Å². The highest BCUT2D eigenvalue weighted by atomic mass is 35.5. The Balaban J connectivity index is 2.01. The van der Waals surface area contributed by atoms with Gasteiger partial charge < -0.3 is 14.2 Å². The Kier molecular flexibility index (Phi) is 5.98. The van der Waals surface area contributed by atoms with Crippen LogP contribution in [0.1, 0.15) is 17.0 Å². The molecule has 0 atom stereocenters. The van der Waals surface area contributed by atoms with E-state index in [1.807, 2.05) is 14.1 Å². The van der Waals surface area contributed by atoms with Gasteiger partial charge in [0, 0.05) is 26.0 Å². The van der Waals surface area contributed by atoms with Crippen LogP contribution in [0.4, 0.5) is 5.13 Å². The maximum absolute atomic E-state index is 13.2. The third-order valence-corrected chi connectivity index (χ3v) is 5.68. The predicted molar refractivity (Wildman–Crippen MR) is 109 cm³/mol. The van der Waals surface area contributed by atoms with Crippen LogP contribution in [0.3, 0.4) is 0 Å². The van der Waals surface area contributed by atoms with Gasteiger partial charge in [-0.1, -0.05) is 22.9 Å². The molecule has 2 aromatic heterocycles. The Morgan fingerprint density at radius 1 is 1.33 bits per heavy atom. The Labute approximate surface area is 167 Å². The number of carbonyl (C=O) groups is 1. The van der Waals surface area contributed by atoms with Gasteiger partial charge in [0.1, 0.15) is 11.3 Å². The Hall–Kier alpha value is -2.16. The van der Waals surface area contributed by atoms with Crippen molar-refractivity contribution in [3.63, 3.8) is 0 Å². The van der Waals surface area contributed by atoms with Crippen LogP contribution in [0.25, 0.3) is 10.2 Å². The van der Waals surface area contributed by atoms with Crippen molar-refractivity contribution < 1.29 is 9.53 Å². The predicted octanol–water partition coefficient (Wildman–Crippen LogP) is 3.29. The van der Waals surface area contributed by atoms with Gasteiger partial charge in [0.15, 0.2) is 11.0 Å². The zero-order valence-corrected chi connectivity index (χ0v) is 17.3. The fourth-order valence-electron chi connectivity index (χ4n) is 2.74. The minimum absolute atomic E-state index is 0.185. The molecule has 0 unspecified atom stereocenters. The average Bonchev–Trinajstić information content (AvgIpc) is 3.25. The number of amides is 1. The molecule has 0 radical (unpaired) electrons. The molecule has 0 saturated carbocycles. The first-order valence-electron chi connectivity index (χ1n) is 8.49. The van der Waals surface area contributed by atoms with Crippen LogP contribution in [0, 0.1) is 0 Å².